The van der Waals surface area contributed by atoms with Gasteiger partial charge in [-0.15, -0.1) is 10.2 Å². The summed E-state index contributed by atoms with van der Waals surface area (Å²) in [6.07, 6.45) is 13.5. The van der Waals surface area contributed by atoms with E-state index in [1.165, 1.54) is 50.6 Å². The maximum Gasteiger partial charge on any atom is 0.209 e. The molecule has 42 heavy (non-hydrogen) atoms. The fourth-order valence-corrected chi connectivity index (χ4v) is 8.43. The molecule has 0 radical (unpaired) electrons. The molecular weight excluding hydrogens is 553 g/mol. The van der Waals surface area contributed by atoms with Crippen LogP contribution in [0.3, 0.4) is 0 Å². The number of thioether (sulfide) groups is 1. The Morgan fingerprint density at radius 2 is 1.64 bits per heavy atom. The lowest BCUT2D eigenvalue weighted by molar-refractivity contribution is -0.433. The molecule has 3 aliphatic rings. The molecule has 0 bridgehead atoms. The van der Waals surface area contributed by atoms with Gasteiger partial charge in [0.15, 0.2) is 10.1 Å². The summed E-state index contributed by atoms with van der Waals surface area (Å²) >= 11 is 3.37. The number of nitrogens with zero attached hydrogens (tertiary/aromatic N) is 4. The zero-order valence-corrected chi connectivity index (χ0v) is 27.5. The Hall–Kier alpha value is -3.22. The Morgan fingerprint density at radius 3 is 2.36 bits per heavy atom. The molecule has 0 amide bonds. The highest BCUT2D eigenvalue weighted by molar-refractivity contribution is 8.00. The van der Waals surface area contributed by atoms with Gasteiger partial charge in [0.2, 0.25) is 5.69 Å². The summed E-state index contributed by atoms with van der Waals surface area (Å²) in [6.45, 7) is 15.8. The van der Waals surface area contributed by atoms with Crippen LogP contribution in [0.25, 0.3) is 5.57 Å². The van der Waals surface area contributed by atoms with Gasteiger partial charge in [0.05, 0.1) is 5.41 Å². The minimum Gasteiger partial charge on any atom is -0.344 e. The van der Waals surface area contributed by atoms with Gasteiger partial charge in [-0.2, -0.15) is 4.58 Å². The van der Waals surface area contributed by atoms with Crippen molar-refractivity contribution < 1.29 is 4.58 Å². The third-order valence-electron chi connectivity index (χ3n) is 9.22. The van der Waals surface area contributed by atoms with Gasteiger partial charge >= 0.3 is 0 Å². The van der Waals surface area contributed by atoms with Crippen LogP contribution in [0.1, 0.15) is 70.5 Å². The molecule has 2 aliphatic heterocycles. The lowest BCUT2D eigenvalue weighted by atomic mass is 9.81. The first kappa shape index (κ1) is 28.9. The highest BCUT2D eigenvalue weighted by Gasteiger charge is 2.43. The van der Waals surface area contributed by atoms with E-state index in [0.717, 1.165) is 35.3 Å². The van der Waals surface area contributed by atoms with Crippen molar-refractivity contribution in [2.75, 3.05) is 24.2 Å². The van der Waals surface area contributed by atoms with E-state index in [2.05, 4.69) is 140 Å². The number of benzene rings is 2. The first-order chi connectivity index (χ1) is 20.2. The highest BCUT2D eigenvalue weighted by atomic mass is 32.2. The normalized spacial score (nSPS) is 21.0. The van der Waals surface area contributed by atoms with E-state index in [1.807, 2.05) is 0 Å². The number of para-hydroxylation sites is 2. The molecule has 1 aromatic heterocycles. The first-order valence-corrected chi connectivity index (χ1v) is 17.1. The van der Waals surface area contributed by atoms with Crippen LogP contribution >= 0.6 is 23.1 Å². The van der Waals surface area contributed by atoms with Crippen LogP contribution < -0.4 is 4.90 Å². The Labute approximate surface area is 259 Å². The second-order valence-electron chi connectivity index (χ2n) is 12.2. The van der Waals surface area contributed by atoms with E-state index in [9.17, 15) is 0 Å². The monoisotopic (exact) mass is 593 g/mol. The summed E-state index contributed by atoms with van der Waals surface area (Å²) in [7, 11) is 0. The summed E-state index contributed by atoms with van der Waals surface area (Å²) < 4.78 is 3.48. The van der Waals surface area contributed by atoms with Crippen molar-refractivity contribution in [1.29, 1.82) is 0 Å². The second kappa shape index (κ2) is 11.1. The van der Waals surface area contributed by atoms with Gasteiger partial charge < -0.3 is 4.90 Å². The molecule has 0 atom stereocenters. The van der Waals surface area contributed by atoms with Gasteiger partial charge in [-0.3, -0.25) is 0 Å². The van der Waals surface area contributed by atoms with Crippen LogP contribution in [0.15, 0.2) is 94.0 Å². The molecule has 0 unspecified atom stereocenters. The van der Waals surface area contributed by atoms with Gasteiger partial charge in [0, 0.05) is 46.6 Å². The Bertz CT molecular complexity index is 1700. The smallest absolute Gasteiger partial charge is 0.209 e. The lowest BCUT2D eigenvalue weighted by Gasteiger charge is -2.26. The lowest BCUT2D eigenvalue weighted by Crippen LogP contribution is -2.27. The largest absolute Gasteiger partial charge is 0.344 e. The van der Waals surface area contributed by atoms with Gasteiger partial charge in [0.1, 0.15) is 11.6 Å². The third-order valence-corrected chi connectivity index (χ3v) is 11.1. The van der Waals surface area contributed by atoms with E-state index in [0.29, 0.717) is 0 Å². The van der Waals surface area contributed by atoms with Crippen LogP contribution in [0.5, 0.6) is 0 Å². The van der Waals surface area contributed by atoms with Gasteiger partial charge in [-0.1, -0.05) is 85.5 Å². The molecule has 0 spiro atoms. The molecular formula is C36H41N4S2+. The molecule has 6 heteroatoms. The van der Waals surface area contributed by atoms with E-state index in [4.69, 9.17) is 0 Å². The van der Waals surface area contributed by atoms with Crippen molar-refractivity contribution in [3.05, 3.63) is 106 Å². The molecule has 0 saturated heterocycles. The molecule has 4 nitrogen and oxygen atoms in total. The van der Waals surface area contributed by atoms with Crippen molar-refractivity contribution in [3.63, 3.8) is 0 Å². The summed E-state index contributed by atoms with van der Waals surface area (Å²) in [4.78, 5) is 2.47. The quantitative estimate of drug-likeness (QED) is 0.202. The number of anilines is 1. The molecule has 1 aliphatic carbocycles. The second-order valence-corrected chi connectivity index (χ2v) is 14.2. The molecule has 3 aromatic rings. The molecule has 0 N–H and O–H groups in total. The third kappa shape index (κ3) is 4.64. The van der Waals surface area contributed by atoms with Crippen LogP contribution in [0, 0.1) is 0 Å². The van der Waals surface area contributed by atoms with Gasteiger partial charge in [0.25, 0.3) is 0 Å². The molecule has 2 aromatic carbocycles. The fraction of sp³-hybridized carbons (Fsp3) is 0.361. The summed E-state index contributed by atoms with van der Waals surface area (Å²) in [5.41, 5.74) is 12.0. The number of rotatable bonds is 7. The van der Waals surface area contributed by atoms with Crippen LogP contribution in [-0.4, -0.2) is 39.8 Å². The predicted octanol–water partition coefficient (Wildman–Crippen LogP) is 9.09. The zero-order valence-electron chi connectivity index (χ0n) is 25.9. The number of allylic oxidation sites excluding steroid dienone is 8. The van der Waals surface area contributed by atoms with Crippen molar-refractivity contribution >= 4 is 45.8 Å². The summed E-state index contributed by atoms with van der Waals surface area (Å²) in [5, 5.41) is 10.2. The topological polar surface area (TPSA) is 32.0 Å². The van der Waals surface area contributed by atoms with Crippen molar-refractivity contribution in [2.24, 2.45) is 0 Å². The highest BCUT2D eigenvalue weighted by Crippen LogP contribution is 2.48. The van der Waals surface area contributed by atoms with Gasteiger partial charge in [-0.05, 0) is 75.6 Å². The maximum atomic E-state index is 4.68. The molecule has 0 saturated carbocycles. The molecule has 216 valence electrons. The SMILES string of the molecule is CCN1/C(=C/C=C2\CCC(/C=C/C3=[N+](CC)c4ccccc4C3(C)C)=C2c2nnc(SC)s2)C(C)(C)c2ccccc21. The first-order valence-electron chi connectivity index (χ1n) is 15.0. The number of hydrogen-bond donors (Lipinski definition) is 0. The predicted molar refractivity (Wildman–Crippen MR) is 181 cm³/mol. The number of hydrogen-bond acceptors (Lipinski definition) is 5. The van der Waals surface area contributed by atoms with Crippen molar-refractivity contribution in [2.45, 2.75) is 69.6 Å². The summed E-state index contributed by atoms with van der Waals surface area (Å²) in [6, 6.07) is 17.7. The van der Waals surface area contributed by atoms with E-state index in [-0.39, 0.29) is 10.8 Å². The average molecular weight is 594 g/mol. The number of aromatic nitrogens is 2. The van der Waals surface area contributed by atoms with E-state index in [1.54, 1.807) is 23.1 Å². The van der Waals surface area contributed by atoms with E-state index >= 15 is 0 Å². The van der Waals surface area contributed by atoms with Crippen molar-refractivity contribution in [3.8, 4) is 0 Å². The van der Waals surface area contributed by atoms with E-state index < -0.39 is 0 Å². The standard InChI is InChI=1S/C36H41N4S2/c1-8-39-28-16-12-10-14-26(28)35(3,4)30(39)22-20-24-18-19-25(32(24)33-37-38-34(41-7)42-33)21-23-31-36(5,6)27-15-11-13-17-29(27)40(31)9-2/h10-17,20-23H,8-9,18-19H2,1-7H3/q+1. The maximum absolute atomic E-state index is 4.68. The Morgan fingerprint density at radius 1 is 0.905 bits per heavy atom. The van der Waals surface area contributed by atoms with Gasteiger partial charge in [-0.25, -0.2) is 0 Å². The minimum absolute atomic E-state index is 0.0487. The van der Waals surface area contributed by atoms with Crippen molar-refractivity contribution in [1.82, 2.24) is 10.2 Å². The van der Waals surface area contributed by atoms with Crippen LogP contribution in [-0.2, 0) is 10.8 Å². The fourth-order valence-electron chi connectivity index (χ4n) is 7.05. The molecule has 6 rings (SSSR count). The average Bonchev–Trinajstić information content (AvgIpc) is 3.72. The van der Waals surface area contributed by atoms with Crippen LogP contribution in [0.2, 0.25) is 0 Å². The summed E-state index contributed by atoms with van der Waals surface area (Å²) in [5.74, 6) is 0. The Kier molecular flexibility index (Phi) is 7.65. The zero-order chi connectivity index (χ0) is 29.6. The number of likely N-dealkylation sites (N-methyl/N-ethyl adjacent to an activating group) is 1. The van der Waals surface area contributed by atoms with Crippen LogP contribution in [0.4, 0.5) is 11.4 Å². The Balaban J connectivity index is 1.43. The number of fused-ring (bicyclic) bond motifs is 2. The molecule has 3 heterocycles. The minimum atomic E-state index is -0.0487. The molecule has 0 fully saturated rings.